The molecule has 1 fully saturated rings. The van der Waals surface area contributed by atoms with Gasteiger partial charge < -0.3 is 10.6 Å². The maximum Gasteiger partial charge on any atom is 0.191 e. The molecule has 1 aliphatic heterocycles. The zero-order valence-corrected chi connectivity index (χ0v) is 19.9. The van der Waals surface area contributed by atoms with E-state index in [1.54, 1.807) is 11.0 Å². The van der Waals surface area contributed by atoms with Crippen LogP contribution in [-0.4, -0.2) is 45.3 Å². The Morgan fingerprint density at radius 3 is 2.45 bits per heavy atom. The average molecular weight is 511 g/mol. The van der Waals surface area contributed by atoms with Crippen LogP contribution >= 0.6 is 24.0 Å². The van der Waals surface area contributed by atoms with E-state index in [0.29, 0.717) is 13.1 Å². The Balaban J connectivity index is 0.00000300. The second-order valence-electron chi connectivity index (χ2n) is 7.31. The fourth-order valence-electron chi connectivity index (χ4n) is 3.55. The third kappa shape index (κ3) is 7.58. The largest absolute Gasteiger partial charge is 0.357 e. The molecule has 2 N–H and O–H groups in total. The first-order valence-corrected chi connectivity index (χ1v) is 10.4. The SMILES string of the molecule is CCNC(=NCc1ccccc1CN1CCCCCC1)NCc1ncnn1C.I. The fraction of sp³-hybridized carbons (Fsp3) is 0.571. The van der Waals surface area contributed by atoms with Crippen molar-refractivity contribution >= 4 is 29.9 Å². The Hall–Kier alpha value is -1.68. The lowest BCUT2D eigenvalue weighted by Gasteiger charge is -2.21. The molecule has 0 unspecified atom stereocenters. The maximum atomic E-state index is 4.80. The summed E-state index contributed by atoms with van der Waals surface area (Å²) in [5.74, 6) is 1.68. The summed E-state index contributed by atoms with van der Waals surface area (Å²) in [5, 5.41) is 10.8. The summed E-state index contributed by atoms with van der Waals surface area (Å²) in [5.41, 5.74) is 2.68. The second kappa shape index (κ2) is 12.8. The highest BCUT2D eigenvalue weighted by molar-refractivity contribution is 14.0. The van der Waals surface area contributed by atoms with Gasteiger partial charge in [-0.3, -0.25) is 9.58 Å². The zero-order chi connectivity index (χ0) is 19.6. The van der Waals surface area contributed by atoms with Crippen LogP contribution in [0.3, 0.4) is 0 Å². The molecular weight excluding hydrogens is 477 g/mol. The van der Waals surface area contributed by atoms with Gasteiger partial charge in [0.1, 0.15) is 12.2 Å². The van der Waals surface area contributed by atoms with Crippen molar-refractivity contribution in [3.63, 3.8) is 0 Å². The molecule has 0 aliphatic carbocycles. The zero-order valence-electron chi connectivity index (χ0n) is 17.6. The van der Waals surface area contributed by atoms with Crippen molar-refractivity contribution < 1.29 is 0 Å². The van der Waals surface area contributed by atoms with Gasteiger partial charge in [-0.1, -0.05) is 37.1 Å². The highest BCUT2D eigenvalue weighted by Crippen LogP contribution is 2.16. The van der Waals surface area contributed by atoms with Gasteiger partial charge in [-0.15, -0.1) is 24.0 Å². The molecule has 1 aromatic carbocycles. The Morgan fingerprint density at radius 1 is 1.07 bits per heavy atom. The van der Waals surface area contributed by atoms with Gasteiger partial charge in [-0.05, 0) is 44.0 Å². The molecule has 1 aliphatic rings. The highest BCUT2D eigenvalue weighted by atomic mass is 127. The van der Waals surface area contributed by atoms with E-state index in [2.05, 4.69) is 56.8 Å². The molecule has 0 radical (unpaired) electrons. The molecule has 3 rings (SSSR count). The monoisotopic (exact) mass is 511 g/mol. The number of nitrogens with zero attached hydrogens (tertiary/aromatic N) is 5. The molecule has 160 valence electrons. The molecule has 2 heterocycles. The lowest BCUT2D eigenvalue weighted by Crippen LogP contribution is -2.37. The number of likely N-dealkylation sites (tertiary alicyclic amines) is 1. The number of rotatable bonds is 7. The van der Waals surface area contributed by atoms with Crippen molar-refractivity contribution in [2.45, 2.75) is 52.2 Å². The fourth-order valence-corrected chi connectivity index (χ4v) is 3.55. The van der Waals surface area contributed by atoms with Crippen LogP contribution in [0.15, 0.2) is 35.6 Å². The van der Waals surface area contributed by atoms with Crippen LogP contribution in [0.25, 0.3) is 0 Å². The molecule has 0 spiro atoms. The number of guanidine groups is 1. The molecular formula is C21H34IN7. The van der Waals surface area contributed by atoms with Gasteiger partial charge in [0.05, 0.1) is 13.1 Å². The van der Waals surface area contributed by atoms with E-state index in [9.17, 15) is 0 Å². The highest BCUT2D eigenvalue weighted by Gasteiger charge is 2.11. The van der Waals surface area contributed by atoms with Gasteiger partial charge in [0.15, 0.2) is 5.96 Å². The van der Waals surface area contributed by atoms with Gasteiger partial charge in [0.2, 0.25) is 0 Å². The summed E-state index contributed by atoms with van der Waals surface area (Å²) < 4.78 is 1.77. The van der Waals surface area contributed by atoms with Crippen molar-refractivity contribution in [3.8, 4) is 0 Å². The van der Waals surface area contributed by atoms with Gasteiger partial charge in [0.25, 0.3) is 0 Å². The van der Waals surface area contributed by atoms with Crippen LogP contribution in [-0.2, 0) is 26.7 Å². The van der Waals surface area contributed by atoms with E-state index in [1.165, 1.54) is 49.9 Å². The summed E-state index contributed by atoms with van der Waals surface area (Å²) in [6.07, 6.45) is 6.94. The maximum absolute atomic E-state index is 4.80. The Kier molecular flexibility index (Phi) is 10.4. The molecule has 0 atom stereocenters. The van der Waals surface area contributed by atoms with Crippen LogP contribution in [0.4, 0.5) is 0 Å². The summed E-state index contributed by atoms with van der Waals surface area (Å²) in [4.78, 5) is 11.6. The lowest BCUT2D eigenvalue weighted by molar-refractivity contribution is 0.276. The molecule has 7 nitrogen and oxygen atoms in total. The van der Waals surface area contributed by atoms with E-state index in [0.717, 1.165) is 24.9 Å². The summed E-state index contributed by atoms with van der Waals surface area (Å²) in [6, 6.07) is 8.69. The first kappa shape index (κ1) is 23.6. The summed E-state index contributed by atoms with van der Waals surface area (Å²) in [6.45, 7) is 7.59. The number of hydrogen-bond donors (Lipinski definition) is 2. The third-order valence-electron chi connectivity index (χ3n) is 5.18. The van der Waals surface area contributed by atoms with Crippen LogP contribution in [0.5, 0.6) is 0 Å². The Labute approximate surface area is 191 Å². The molecule has 0 bridgehead atoms. The molecule has 1 saturated heterocycles. The number of benzene rings is 1. The number of halogens is 1. The van der Waals surface area contributed by atoms with Crippen molar-refractivity contribution in [2.75, 3.05) is 19.6 Å². The van der Waals surface area contributed by atoms with Crippen molar-refractivity contribution in [2.24, 2.45) is 12.0 Å². The van der Waals surface area contributed by atoms with Gasteiger partial charge in [-0.2, -0.15) is 5.10 Å². The molecule has 1 aromatic heterocycles. The Morgan fingerprint density at radius 2 is 1.79 bits per heavy atom. The van der Waals surface area contributed by atoms with Crippen LogP contribution in [0, 0.1) is 0 Å². The number of aromatic nitrogens is 3. The van der Waals surface area contributed by atoms with Crippen LogP contribution in [0.1, 0.15) is 49.6 Å². The first-order valence-electron chi connectivity index (χ1n) is 10.4. The predicted molar refractivity (Wildman–Crippen MR) is 128 cm³/mol. The van der Waals surface area contributed by atoms with Gasteiger partial charge >= 0.3 is 0 Å². The first-order chi connectivity index (χ1) is 13.8. The van der Waals surface area contributed by atoms with E-state index in [-0.39, 0.29) is 24.0 Å². The van der Waals surface area contributed by atoms with Crippen molar-refractivity contribution in [1.82, 2.24) is 30.3 Å². The van der Waals surface area contributed by atoms with Gasteiger partial charge in [0, 0.05) is 20.1 Å². The van der Waals surface area contributed by atoms with Gasteiger partial charge in [-0.25, -0.2) is 9.98 Å². The normalized spacial score (nSPS) is 15.4. The molecule has 29 heavy (non-hydrogen) atoms. The van der Waals surface area contributed by atoms with E-state index in [1.807, 2.05) is 7.05 Å². The molecule has 8 heteroatoms. The van der Waals surface area contributed by atoms with Crippen LogP contribution in [0.2, 0.25) is 0 Å². The summed E-state index contributed by atoms with van der Waals surface area (Å²) in [7, 11) is 1.90. The minimum atomic E-state index is 0. The Bertz CT molecular complexity index is 751. The lowest BCUT2D eigenvalue weighted by atomic mass is 10.1. The van der Waals surface area contributed by atoms with Crippen molar-refractivity contribution in [1.29, 1.82) is 0 Å². The molecule has 2 aromatic rings. The quantitative estimate of drug-likeness (QED) is 0.340. The number of aliphatic imine (C=N–C) groups is 1. The van der Waals surface area contributed by atoms with Crippen LogP contribution < -0.4 is 10.6 Å². The molecule has 0 saturated carbocycles. The number of nitrogens with one attached hydrogen (secondary N) is 2. The number of hydrogen-bond acceptors (Lipinski definition) is 4. The average Bonchev–Trinajstić information content (AvgIpc) is 2.95. The van der Waals surface area contributed by atoms with E-state index >= 15 is 0 Å². The minimum absolute atomic E-state index is 0. The van der Waals surface area contributed by atoms with Crippen molar-refractivity contribution in [3.05, 3.63) is 47.5 Å². The topological polar surface area (TPSA) is 70.4 Å². The third-order valence-corrected chi connectivity index (χ3v) is 5.18. The van der Waals surface area contributed by atoms with E-state index < -0.39 is 0 Å². The number of aryl methyl sites for hydroxylation is 1. The second-order valence-corrected chi connectivity index (χ2v) is 7.31. The minimum Gasteiger partial charge on any atom is -0.357 e. The van der Waals surface area contributed by atoms with E-state index in [4.69, 9.17) is 4.99 Å². The predicted octanol–water partition coefficient (Wildman–Crippen LogP) is 3.06. The smallest absolute Gasteiger partial charge is 0.191 e. The molecule has 0 amide bonds. The standard InChI is InChI=1S/C21H33N7.HI/c1-3-22-21(24-15-20-25-17-26-27(20)2)23-14-18-10-6-7-11-19(18)16-28-12-8-4-5-9-13-28;/h6-7,10-11,17H,3-5,8-9,12-16H2,1-2H3,(H2,22,23,24);1H. The summed E-state index contributed by atoms with van der Waals surface area (Å²) >= 11 is 0.